The van der Waals surface area contributed by atoms with Crippen molar-refractivity contribution in [2.24, 2.45) is 5.84 Å². The highest BCUT2D eigenvalue weighted by Crippen LogP contribution is 2.22. The van der Waals surface area contributed by atoms with Gasteiger partial charge in [-0.1, -0.05) is 13.8 Å². The minimum absolute atomic E-state index is 0.0735. The summed E-state index contributed by atoms with van der Waals surface area (Å²) in [6.45, 7) is 5.74. The second kappa shape index (κ2) is 5.02. The standard InChI is InChI=1S/C10H17FN4/c1-4-7(5-2)9-13-6(3)8(11)10(14-9)15-12/h7H,4-5,12H2,1-3H3,(H,13,14,15). The minimum Gasteiger partial charge on any atom is -0.306 e. The number of hydrogen-bond acceptors (Lipinski definition) is 4. The lowest BCUT2D eigenvalue weighted by molar-refractivity contribution is 0.566. The molecule has 0 fully saturated rings. The maximum atomic E-state index is 13.4. The first-order valence-corrected chi connectivity index (χ1v) is 5.14. The Morgan fingerprint density at radius 2 is 1.93 bits per heavy atom. The van der Waals surface area contributed by atoms with E-state index in [9.17, 15) is 4.39 Å². The van der Waals surface area contributed by atoms with Crippen LogP contribution >= 0.6 is 0 Å². The molecule has 3 N–H and O–H groups in total. The van der Waals surface area contributed by atoms with Crippen LogP contribution in [-0.4, -0.2) is 9.97 Å². The Balaban J connectivity index is 3.15. The monoisotopic (exact) mass is 212 g/mol. The van der Waals surface area contributed by atoms with Crippen molar-refractivity contribution in [2.45, 2.75) is 39.5 Å². The van der Waals surface area contributed by atoms with Crippen molar-refractivity contribution in [3.8, 4) is 0 Å². The third kappa shape index (κ3) is 2.41. The fourth-order valence-corrected chi connectivity index (χ4v) is 1.51. The zero-order valence-corrected chi connectivity index (χ0v) is 9.34. The molecule has 0 aromatic carbocycles. The summed E-state index contributed by atoms with van der Waals surface area (Å²) >= 11 is 0. The molecule has 0 amide bonds. The summed E-state index contributed by atoms with van der Waals surface area (Å²) in [5.74, 6) is 5.70. The molecule has 1 aromatic rings. The van der Waals surface area contributed by atoms with Gasteiger partial charge >= 0.3 is 0 Å². The van der Waals surface area contributed by atoms with Crippen LogP contribution in [0.1, 0.15) is 44.1 Å². The van der Waals surface area contributed by atoms with Gasteiger partial charge in [-0.2, -0.15) is 0 Å². The molecule has 5 heteroatoms. The van der Waals surface area contributed by atoms with Gasteiger partial charge in [0.25, 0.3) is 0 Å². The molecule has 0 aliphatic heterocycles. The maximum absolute atomic E-state index is 13.4. The van der Waals surface area contributed by atoms with Crippen molar-refractivity contribution >= 4 is 5.82 Å². The lowest BCUT2D eigenvalue weighted by Gasteiger charge is -2.13. The van der Waals surface area contributed by atoms with Crippen molar-refractivity contribution in [1.29, 1.82) is 0 Å². The van der Waals surface area contributed by atoms with Gasteiger partial charge in [-0.25, -0.2) is 20.2 Å². The van der Waals surface area contributed by atoms with E-state index in [4.69, 9.17) is 5.84 Å². The average Bonchev–Trinajstić information content (AvgIpc) is 2.24. The van der Waals surface area contributed by atoms with Gasteiger partial charge in [0.05, 0.1) is 5.69 Å². The molecule has 0 saturated carbocycles. The van der Waals surface area contributed by atoms with Crippen molar-refractivity contribution in [3.05, 3.63) is 17.3 Å². The summed E-state index contributed by atoms with van der Waals surface area (Å²) < 4.78 is 13.4. The van der Waals surface area contributed by atoms with Crippen LogP contribution in [-0.2, 0) is 0 Å². The number of nitrogens with zero attached hydrogens (tertiary/aromatic N) is 2. The second-order valence-electron chi connectivity index (χ2n) is 3.49. The van der Waals surface area contributed by atoms with Crippen LogP contribution in [0.3, 0.4) is 0 Å². The summed E-state index contributed by atoms with van der Waals surface area (Å²) in [5.41, 5.74) is 2.59. The number of halogens is 1. The van der Waals surface area contributed by atoms with E-state index in [2.05, 4.69) is 29.2 Å². The minimum atomic E-state index is -0.479. The Hall–Kier alpha value is -1.23. The SMILES string of the molecule is CCC(CC)c1nc(C)c(F)c(NN)n1. The topological polar surface area (TPSA) is 63.8 Å². The van der Waals surface area contributed by atoms with Crippen molar-refractivity contribution in [3.63, 3.8) is 0 Å². The highest BCUT2D eigenvalue weighted by Gasteiger charge is 2.15. The van der Waals surface area contributed by atoms with Crippen LogP contribution in [0.5, 0.6) is 0 Å². The third-order valence-electron chi connectivity index (χ3n) is 2.52. The molecule has 0 unspecified atom stereocenters. The zero-order valence-electron chi connectivity index (χ0n) is 9.34. The molecule has 0 radical (unpaired) electrons. The van der Waals surface area contributed by atoms with Gasteiger partial charge in [-0.3, -0.25) is 0 Å². The van der Waals surface area contributed by atoms with E-state index in [1.54, 1.807) is 6.92 Å². The lowest BCUT2D eigenvalue weighted by Crippen LogP contribution is -2.15. The van der Waals surface area contributed by atoms with E-state index in [0.29, 0.717) is 11.5 Å². The number of hydrogen-bond donors (Lipinski definition) is 2. The molecule has 0 saturated heterocycles. The Labute approximate surface area is 89.1 Å². The quantitative estimate of drug-likeness (QED) is 0.592. The largest absolute Gasteiger partial charge is 0.306 e. The molecule has 0 spiro atoms. The fraction of sp³-hybridized carbons (Fsp3) is 0.600. The van der Waals surface area contributed by atoms with Gasteiger partial charge < -0.3 is 5.43 Å². The first kappa shape index (κ1) is 11.8. The first-order chi connectivity index (χ1) is 7.13. The van der Waals surface area contributed by atoms with E-state index in [1.165, 1.54) is 0 Å². The molecule has 0 aliphatic rings. The van der Waals surface area contributed by atoms with E-state index in [1.807, 2.05) is 0 Å². The number of anilines is 1. The summed E-state index contributed by atoms with van der Waals surface area (Å²) in [5, 5.41) is 0. The Kier molecular flexibility index (Phi) is 3.96. The lowest BCUT2D eigenvalue weighted by atomic mass is 10.0. The molecular formula is C10H17FN4. The highest BCUT2D eigenvalue weighted by atomic mass is 19.1. The Morgan fingerprint density at radius 3 is 2.40 bits per heavy atom. The Morgan fingerprint density at radius 1 is 1.33 bits per heavy atom. The molecule has 0 aliphatic carbocycles. The van der Waals surface area contributed by atoms with Crippen LogP contribution < -0.4 is 11.3 Å². The van der Waals surface area contributed by atoms with Crippen LogP contribution in [0.15, 0.2) is 0 Å². The molecule has 1 heterocycles. The Bertz CT molecular complexity index is 336. The molecule has 0 bridgehead atoms. The molecular weight excluding hydrogens is 195 g/mol. The second-order valence-corrected chi connectivity index (χ2v) is 3.49. The van der Waals surface area contributed by atoms with Crippen molar-refractivity contribution < 1.29 is 4.39 Å². The first-order valence-electron chi connectivity index (χ1n) is 5.14. The number of nitrogen functional groups attached to an aromatic ring is 1. The summed E-state index contributed by atoms with van der Waals surface area (Å²) in [6.07, 6.45) is 1.87. The number of aromatic nitrogens is 2. The van der Waals surface area contributed by atoms with E-state index in [-0.39, 0.29) is 11.7 Å². The predicted molar refractivity (Wildman–Crippen MR) is 57.9 cm³/mol. The fourth-order valence-electron chi connectivity index (χ4n) is 1.51. The predicted octanol–water partition coefficient (Wildman–Crippen LogP) is 2.11. The van der Waals surface area contributed by atoms with E-state index >= 15 is 0 Å². The van der Waals surface area contributed by atoms with Crippen LogP contribution in [0.2, 0.25) is 0 Å². The van der Waals surface area contributed by atoms with Gasteiger partial charge in [-0.15, -0.1) is 0 Å². The zero-order chi connectivity index (χ0) is 11.4. The molecule has 15 heavy (non-hydrogen) atoms. The molecule has 84 valence electrons. The smallest absolute Gasteiger partial charge is 0.187 e. The third-order valence-corrected chi connectivity index (χ3v) is 2.52. The van der Waals surface area contributed by atoms with Gasteiger partial charge in [0, 0.05) is 5.92 Å². The summed E-state index contributed by atoms with van der Waals surface area (Å²) in [6, 6.07) is 0. The van der Waals surface area contributed by atoms with Crippen LogP contribution in [0.4, 0.5) is 10.2 Å². The number of hydrazine groups is 1. The number of nitrogens with one attached hydrogen (secondary N) is 1. The van der Waals surface area contributed by atoms with Crippen molar-refractivity contribution in [2.75, 3.05) is 5.43 Å². The summed E-state index contributed by atoms with van der Waals surface area (Å²) in [4.78, 5) is 8.21. The van der Waals surface area contributed by atoms with Gasteiger partial charge in [-0.05, 0) is 19.8 Å². The van der Waals surface area contributed by atoms with Gasteiger partial charge in [0.2, 0.25) is 0 Å². The van der Waals surface area contributed by atoms with Crippen LogP contribution in [0, 0.1) is 12.7 Å². The highest BCUT2D eigenvalue weighted by molar-refractivity contribution is 5.36. The van der Waals surface area contributed by atoms with E-state index in [0.717, 1.165) is 12.8 Å². The molecule has 4 nitrogen and oxygen atoms in total. The summed E-state index contributed by atoms with van der Waals surface area (Å²) in [7, 11) is 0. The number of aryl methyl sites for hydroxylation is 1. The molecule has 1 aromatic heterocycles. The number of rotatable bonds is 4. The average molecular weight is 212 g/mol. The van der Waals surface area contributed by atoms with E-state index < -0.39 is 5.82 Å². The normalized spacial score (nSPS) is 10.8. The maximum Gasteiger partial charge on any atom is 0.187 e. The van der Waals surface area contributed by atoms with Gasteiger partial charge in [0.15, 0.2) is 11.6 Å². The van der Waals surface area contributed by atoms with Crippen LogP contribution in [0.25, 0.3) is 0 Å². The van der Waals surface area contributed by atoms with Gasteiger partial charge in [0.1, 0.15) is 5.82 Å². The molecule has 0 atom stereocenters. The molecule has 1 rings (SSSR count). The number of nitrogens with two attached hydrogens (primary N) is 1. The van der Waals surface area contributed by atoms with Crippen molar-refractivity contribution in [1.82, 2.24) is 9.97 Å².